The first-order valence-electron chi connectivity index (χ1n) is 14.5. The summed E-state index contributed by atoms with van der Waals surface area (Å²) in [6, 6.07) is 13.8. The Morgan fingerprint density at radius 3 is 2.52 bits per heavy atom. The molecule has 0 radical (unpaired) electrons. The van der Waals surface area contributed by atoms with E-state index in [1.807, 2.05) is 43.4 Å². The molecule has 2 N–H and O–H groups in total. The van der Waals surface area contributed by atoms with Crippen LogP contribution in [0.2, 0.25) is 0 Å². The third kappa shape index (κ3) is 8.34. The number of tetrazole rings is 1. The zero-order chi connectivity index (χ0) is 30.4. The van der Waals surface area contributed by atoms with Crippen LogP contribution < -0.4 is 10.6 Å². The fourth-order valence-corrected chi connectivity index (χ4v) is 6.17. The van der Waals surface area contributed by atoms with Gasteiger partial charge in [0.15, 0.2) is 5.82 Å². The first-order chi connectivity index (χ1) is 19.9. The monoisotopic (exact) mass is 578 g/mol. The van der Waals surface area contributed by atoms with Crippen LogP contribution in [0.1, 0.15) is 45.6 Å². The molecule has 4 rings (SSSR count). The minimum absolute atomic E-state index is 0.0244. The largest absolute Gasteiger partial charge is 0.343 e. The van der Waals surface area contributed by atoms with Gasteiger partial charge in [-0.2, -0.15) is 0 Å². The van der Waals surface area contributed by atoms with Gasteiger partial charge >= 0.3 is 6.03 Å². The summed E-state index contributed by atoms with van der Waals surface area (Å²) in [4.78, 5) is 29.5. The maximum Gasteiger partial charge on any atom is 0.319 e. The third-order valence-corrected chi connectivity index (χ3v) is 8.17. The Bertz CT molecular complexity index is 1360. The van der Waals surface area contributed by atoms with Crippen molar-refractivity contribution >= 4 is 17.6 Å². The van der Waals surface area contributed by atoms with Crippen molar-refractivity contribution in [3.63, 3.8) is 0 Å². The number of urea groups is 1. The molecule has 1 saturated carbocycles. The fourth-order valence-electron chi connectivity index (χ4n) is 6.17. The molecule has 0 spiro atoms. The highest BCUT2D eigenvalue weighted by molar-refractivity contribution is 5.90. The van der Waals surface area contributed by atoms with Crippen LogP contribution in [0.15, 0.2) is 48.5 Å². The van der Waals surface area contributed by atoms with Crippen molar-refractivity contribution in [2.45, 2.75) is 58.5 Å². The predicted octanol–water partition coefficient (Wildman–Crippen LogP) is 4.35. The predicted molar refractivity (Wildman–Crippen MR) is 161 cm³/mol. The van der Waals surface area contributed by atoms with Crippen molar-refractivity contribution < 1.29 is 14.0 Å². The highest BCUT2D eigenvalue weighted by Crippen LogP contribution is 2.30. The zero-order valence-corrected chi connectivity index (χ0v) is 25.5. The summed E-state index contributed by atoms with van der Waals surface area (Å²) < 4.78 is 15.0. The van der Waals surface area contributed by atoms with Crippen LogP contribution in [0.25, 0.3) is 11.4 Å². The summed E-state index contributed by atoms with van der Waals surface area (Å²) in [6.45, 7) is 7.68. The molecule has 3 aromatic rings. The number of aromatic nitrogens is 4. The van der Waals surface area contributed by atoms with Crippen LogP contribution in [0.3, 0.4) is 0 Å². The SMILES string of the molecule is CC(=O)N(C)[C@H]1CC[C@@H](CN(C)CC(C)(C)Cc2ccc(F)cc2)[C@H](NC(=O)Nc2cccc(-c3nnnn3C)c2)C1. The fraction of sp³-hybridized carbons (Fsp3) is 0.516. The van der Waals surface area contributed by atoms with Gasteiger partial charge in [-0.05, 0) is 84.3 Å². The molecule has 0 aliphatic heterocycles. The molecule has 1 aromatic heterocycles. The second-order valence-corrected chi connectivity index (χ2v) is 12.4. The molecule has 0 unspecified atom stereocenters. The minimum Gasteiger partial charge on any atom is -0.343 e. The summed E-state index contributed by atoms with van der Waals surface area (Å²) in [5.41, 5.74) is 2.52. The average molecular weight is 579 g/mol. The molecule has 1 aliphatic rings. The number of benzene rings is 2. The van der Waals surface area contributed by atoms with Crippen LogP contribution in [0, 0.1) is 17.2 Å². The van der Waals surface area contributed by atoms with Gasteiger partial charge in [0, 0.05) is 57.4 Å². The summed E-state index contributed by atoms with van der Waals surface area (Å²) in [5.74, 6) is 0.621. The van der Waals surface area contributed by atoms with Gasteiger partial charge in [0.2, 0.25) is 5.91 Å². The molecule has 226 valence electrons. The average Bonchev–Trinajstić information content (AvgIpc) is 3.36. The molecule has 1 aliphatic carbocycles. The maximum absolute atomic E-state index is 13.4. The number of nitrogens with one attached hydrogen (secondary N) is 2. The van der Waals surface area contributed by atoms with Gasteiger partial charge < -0.3 is 20.4 Å². The quantitative estimate of drug-likeness (QED) is 0.370. The molecule has 3 atom stereocenters. The highest BCUT2D eigenvalue weighted by Gasteiger charge is 2.35. The van der Waals surface area contributed by atoms with Crippen molar-refractivity contribution in [3.8, 4) is 11.4 Å². The first-order valence-corrected chi connectivity index (χ1v) is 14.5. The Morgan fingerprint density at radius 1 is 1.12 bits per heavy atom. The Labute approximate surface area is 247 Å². The molecular weight excluding hydrogens is 535 g/mol. The van der Waals surface area contributed by atoms with Crippen molar-refractivity contribution in [3.05, 3.63) is 59.9 Å². The van der Waals surface area contributed by atoms with Crippen molar-refractivity contribution in [2.75, 3.05) is 32.5 Å². The van der Waals surface area contributed by atoms with E-state index in [0.29, 0.717) is 17.9 Å². The first kappa shape index (κ1) is 31.1. The smallest absolute Gasteiger partial charge is 0.319 e. The van der Waals surface area contributed by atoms with Crippen LogP contribution in [0.4, 0.5) is 14.9 Å². The van der Waals surface area contributed by atoms with Gasteiger partial charge in [-0.15, -0.1) is 5.10 Å². The van der Waals surface area contributed by atoms with E-state index >= 15 is 0 Å². The van der Waals surface area contributed by atoms with Crippen LogP contribution in [-0.2, 0) is 18.3 Å². The molecule has 1 fully saturated rings. The van der Waals surface area contributed by atoms with E-state index in [4.69, 9.17) is 0 Å². The molecule has 0 saturated heterocycles. The van der Waals surface area contributed by atoms with Crippen LogP contribution in [0.5, 0.6) is 0 Å². The van der Waals surface area contributed by atoms with Crippen molar-refractivity contribution in [1.82, 2.24) is 35.3 Å². The maximum atomic E-state index is 13.4. The van der Waals surface area contributed by atoms with Crippen LogP contribution in [-0.4, -0.2) is 81.2 Å². The third-order valence-electron chi connectivity index (χ3n) is 8.17. The number of hydrogen-bond acceptors (Lipinski definition) is 6. The Kier molecular flexibility index (Phi) is 9.93. The Morgan fingerprint density at radius 2 is 1.86 bits per heavy atom. The number of hydrogen-bond donors (Lipinski definition) is 2. The molecular formula is C31H43FN8O2. The number of carbonyl (C=O) groups excluding carboxylic acids is 2. The van der Waals surface area contributed by atoms with Crippen molar-refractivity contribution in [1.29, 1.82) is 0 Å². The van der Waals surface area contributed by atoms with E-state index in [9.17, 15) is 14.0 Å². The van der Waals surface area contributed by atoms with E-state index in [1.165, 1.54) is 12.1 Å². The number of amides is 3. The zero-order valence-electron chi connectivity index (χ0n) is 25.5. The summed E-state index contributed by atoms with van der Waals surface area (Å²) in [7, 11) is 5.71. The molecule has 2 aromatic carbocycles. The normalized spacial score (nSPS) is 19.0. The number of nitrogens with zero attached hydrogens (tertiary/aromatic N) is 6. The van der Waals surface area contributed by atoms with E-state index in [0.717, 1.165) is 43.5 Å². The van der Waals surface area contributed by atoms with E-state index in [1.54, 1.807) is 23.6 Å². The lowest BCUT2D eigenvalue weighted by atomic mass is 9.80. The molecule has 11 heteroatoms. The molecule has 1 heterocycles. The molecule has 10 nitrogen and oxygen atoms in total. The minimum atomic E-state index is -0.288. The summed E-state index contributed by atoms with van der Waals surface area (Å²) >= 11 is 0. The van der Waals surface area contributed by atoms with Crippen LogP contribution >= 0.6 is 0 Å². The lowest BCUT2D eigenvalue weighted by molar-refractivity contribution is -0.130. The van der Waals surface area contributed by atoms with E-state index in [2.05, 4.69) is 52.0 Å². The Balaban J connectivity index is 1.42. The van der Waals surface area contributed by atoms with Crippen molar-refractivity contribution in [2.24, 2.45) is 18.4 Å². The van der Waals surface area contributed by atoms with Gasteiger partial charge in [0.05, 0.1) is 0 Å². The number of aryl methyl sites for hydroxylation is 1. The summed E-state index contributed by atoms with van der Waals surface area (Å²) in [6.07, 6.45) is 3.30. The van der Waals surface area contributed by atoms with Gasteiger partial charge in [0.1, 0.15) is 5.82 Å². The molecule has 0 bridgehead atoms. The number of rotatable bonds is 10. The van der Waals surface area contributed by atoms with E-state index in [-0.39, 0.29) is 41.2 Å². The van der Waals surface area contributed by atoms with E-state index < -0.39 is 0 Å². The lowest BCUT2D eigenvalue weighted by Gasteiger charge is -2.42. The second-order valence-electron chi connectivity index (χ2n) is 12.4. The summed E-state index contributed by atoms with van der Waals surface area (Å²) in [5, 5.41) is 17.8. The standard InChI is InChI=1S/C31H43FN8O2/c1-21(41)39(5)27-15-12-24(19-38(4)20-31(2,3)18-22-10-13-25(32)14-11-22)28(17-27)34-30(42)33-26-9-7-8-23(16-26)29-35-36-37-40(29)6/h7-11,13-14,16,24,27-28H,12,15,17-20H2,1-6H3,(H2,33,34,42)/t24-,27-,28+/m0/s1. The number of anilines is 1. The molecule has 42 heavy (non-hydrogen) atoms. The van der Waals surface area contributed by atoms with Gasteiger partial charge in [-0.1, -0.05) is 38.1 Å². The highest BCUT2D eigenvalue weighted by atomic mass is 19.1. The topological polar surface area (TPSA) is 108 Å². The second kappa shape index (κ2) is 13.4. The number of halogens is 1. The number of carbonyl (C=O) groups is 2. The molecule has 3 amide bonds. The van der Waals surface area contributed by atoms with Gasteiger partial charge in [0.25, 0.3) is 0 Å². The Hall–Kier alpha value is -3.86. The van der Waals surface area contributed by atoms with Gasteiger partial charge in [-0.3, -0.25) is 4.79 Å². The van der Waals surface area contributed by atoms with Gasteiger partial charge in [-0.25, -0.2) is 13.9 Å². The lowest BCUT2D eigenvalue weighted by Crippen LogP contribution is -2.53.